The SMILES string of the molecule is CNC(=O)N1CCN(c2nc3cccnc3n(Cc3ccccc3)c2=O)CC1. The summed E-state index contributed by atoms with van der Waals surface area (Å²) < 4.78 is 1.68. The number of benzene rings is 1. The highest BCUT2D eigenvalue weighted by molar-refractivity contribution is 5.74. The van der Waals surface area contributed by atoms with Crippen LogP contribution in [0.4, 0.5) is 10.6 Å². The lowest BCUT2D eigenvalue weighted by molar-refractivity contribution is 0.196. The van der Waals surface area contributed by atoms with E-state index in [9.17, 15) is 9.59 Å². The summed E-state index contributed by atoms with van der Waals surface area (Å²) >= 11 is 0. The van der Waals surface area contributed by atoms with Gasteiger partial charge >= 0.3 is 6.03 Å². The molecule has 3 aromatic rings. The lowest BCUT2D eigenvalue weighted by Gasteiger charge is -2.34. The number of rotatable bonds is 3. The van der Waals surface area contributed by atoms with E-state index in [1.54, 1.807) is 22.7 Å². The Bertz CT molecular complexity index is 1040. The molecule has 0 bridgehead atoms. The van der Waals surface area contributed by atoms with Crippen molar-refractivity contribution in [2.24, 2.45) is 0 Å². The topological polar surface area (TPSA) is 83.4 Å². The molecule has 0 unspecified atom stereocenters. The molecule has 8 heteroatoms. The van der Waals surface area contributed by atoms with Crippen LogP contribution in [0, 0.1) is 0 Å². The van der Waals surface area contributed by atoms with E-state index in [-0.39, 0.29) is 11.6 Å². The summed E-state index contributed by atoms with van der Waals surface area (Å²) in [6.07, 6.45) is 1.67. The van der Waals surface area contributed by atoms with Gasteiger partial charge in [0.2, 0.25) is 0 Å². The molecule has 3 heterocycles. The number of nitrogens with one attached hydrogen (secondary N) is 1. The van der Waals surface area contributed by atoms with Crippen LogP contribution in [0.15, 0.2) is 53.5 Å². The van der Waals surface area contributed by atoms with E-state index < -0.39 is 0 Å². The molecule has 0 saturated carbocycles. The molecule has 1 aliphatic rings. The number of amides is 2. The average molecular weight is 378 g/mol. The Morgan fingerprint density at radius 3 is 2.54 bits per heavy atom. The van der Waals surface area contributed by atoms with Gasteiger partial charge in [0.1, 0.15) is 5.52 Å². The summed E-state index contributed by atoms with van der Waals surface area (Å²) in [6, 6.07) is 13.4. The third-order valence-corrected chi connectivity index (χ3v) is 4.95. The second-order valence-electron chi connectivity index (χ2n) is 6.69. The summed E-state index contributed by atoms with van der Waals surface area (Å²) in [5, 5.41) is 2.64. The number of carbonyl (C=O) groups excluding carboxylic acids is 1. The van der Waals surface area contributed by atoms with Crippen LogP contribution in [-0.4, -0.2) is 58.7 Å². The number of pyridine rings is 1. The van der Waals surface area contributed by atoms with Crippen molar-refractivity contribution in [3.8, 4) is 0 Å². The second kappa shape index (κ2) is 7.67. The van der Waals surface area contributed by atoms with Crippen molar-refractivity contribution in [1.29, 1.82) is 0 Å². The maximum absolute atomic E-state index is 13.3. The zero-order chi connectivity index (χ0) is 19.5. The molecule has 28 heavy (non-hydrogen) atoms. The monoisotopic (exact) mass is 378 g/mol. The lowest BCUT2D eigenvalue weighted by Crippen LogP contribution is -2.52. The van der Waals surface area contributed by atoms with E-state index in [2.05, 4.69) is 15.3 Å². The number of piperazine rings is 1. The van der Waals surface area contributed by atoms with Crippen molar-refractivity contribution in [2.45, 2.75) is 6.54 Å². The number of fused-ring (bicyclic) bond motifs is 1. The molecule has 0 atom stereocenters. The zero-order valence-corrected chi connectivity index (χ0v) is 15.7. The zero-order valence-electron chi connectivity index (χ0n) is 15.7. The third kappa shape index (κ3) is 3.40. The van der Waals surface area contributed by atoms with Gasteiger partial charge in [-0.2, -0.15) is 0 Å². The van der Waals surface area contributed by atoms with E-state index in [4.69, 9.17) is 0 Å². The van der Waals surface area contributed by atoms with E-state index in [1.807, 2.05) is 47.4 Å². The fourth-order valence-electron chi connectivity index (χ4n) is 3.46. The molecule has 8 nitrogen and oxygen atoms in total. The largest absolute Gasteiger partial charge is 0.348 e. The maximum Gasteiger partial charge on any atom is 0.317 e. The minimum Gasteiger partial charge on any atom is -0.348 e. The lowest BCUT2D eigenvalue weighted by atomic mass is 10.2. The normalized spacial score (nSPS) is 14.3. The van der Waals surface area contributed by atoms with Gasteiger partial charge in [-0.25, -0.2) is 14.8 Å². The Morgan fingerprint density at radius 2 is 1.82 bits per heavy atom. The molecule has 2 aromatic heterocycles. The summed E-state index contributed by atoms with van der Waals surface area (Å²) in [6.45, 7) is 2.65. The van der Waals surface area contributed by atoms with Gasteiger partial charge in [-0.05, 0) is 17.7 Å². The van der Waals surface area contributed by atoms with Crippen LogP contribution in [0.25, 0.3) is 11.2 Å². The minimum atomic E-state index is -0.163. The fourth-order valence-corrected chi connectivity index (χ4v) is 3.46. The van der Waals surface area contributed by atoms with Crippen molar-refractivity contribution < 1.29 is 4.79 Å². The van der Waals surface area contributed by atoms with Gasteiger partial charge in [0, 0.05) is 39.4 Å². The van der Waals surface area contributed by atoms with E-state index in [0.717, 1.165) is 5.56 Å². The van der Waals surface area contributed by atoms with Crippen molar-refractivity contribution >= 4 is 23.0 Å². The Labute approximate surface area is 162 Å². The molecule has 1 saturated heterocycles. The number of urea groups is 1. The van der Waals surface area contributed by atoms with Gasteiger partial charge in [0.05, 0.1) is 6.54 Å². The Balaban J connectivity index is 1.71. The molecule has 1 fully saturated rings. The average Bonchev–Trinajstić information content (AvgIpc) is 2.76. The number of aromatic nitrogens is 3. The molecule has 4 rings (SSSR count). The van der Waals surface area contributed by atoms with Crippen LogP contribution in [0.2, 0.25) is 0 Å². The predicted molar refractivity (Wildman–Crippen MR) is 108 cm³/mol. The first kappa shape index (κ1) is 18.0. The molecule has 0 spiro atoms. The van der Waals surface area contributed by atoms with E-state index in [0.29, 0.717) is 49.7 Å². The molecule has 144 valence electrons. The molecule has 1 N–H and O–H groups in total. The van der Waals surface area contributed by atoms with Gasteiger partial charge in [-0.1, -0.05) is 30.3 Å². The van der Waals surface area contributed by atoms with Gasteiger partial charge in [0.15, 0.2) is 11.5 Å². The van der Waals surface area contributed by atoms with Crippen LogP contribution >= 0.6 is 0 Å². The molecule has 0 aliphatic carbocycles. The number of hydrogen-bond donors (Lipinski definition) is 1. The summed E-state index contributed by atoms with van der Waals surface area (Å²) in [5.74, 6) is 0.410. The molecule has 1 aliphatic heterocycles. The number of anilines is 1. The predicted octanol–water partition coefficient (Wildman–Crippen LogP) is 1.30. The first-order valence-corrected chi connectivity index (χ1v) is 9.28. The first-order chi connectivity index (χ1) is 13.7. The highest BCUT2D eigenvalue weighted by Gasteiger charge is 2.24. The molecule has 1 aromatic carbocycles. The van der Waals surface area contributed by atoms with E-state index >= 15 is 0 Å². The molecule has 0 radical (unpaired) electrons. The second-order valence-corrected chi connectivity index (χ2v) is 6.69. The van der Waals surface area contributed by atoms with E-state index in [1.165, 1.54) is 0 Å². The van der Waals surface area contributed by atoms with Crippen LogP contribution in [0.3, 0.4) is 0 Å². The summed E-state index contributed by atoms with van der Waals surface area (Å²) in [7, 11) is 1.62. The van der Waals surface area contributed by atoms with Crippen molar-refractivity contribution in [3.05, 3.63) is 64.6 Å². The molecular formula is C20H22N6O2. The van der Waals surface area contributed by atoms with Crippen molar-refractivity contribution in [1.82, 2.24) is 24.8 Å². The molecular weight excluding hydrogens is 356 g/mol. The Morgan fingerprint density at radius 1 is 1.07 bits per heavy atom. The number of carbonyl (C=O) groups is 1. The van der Waals surface area contributed by atoms with Crippen molar-refractivity contribution in [3.63, 3.8) is 0 Å². The van der Waals surface area contributed by atoms with Crippen LogP contribution < -0.4 is 15.8 Å². The van der Waals surface area contributed by atoms with Gasteiger partial charge in [0.25, 0.3) is 5.56 Å². The van der Waals surface area contributed by atoms with Crippen LogP contribution in [0.1, 0.15) is 5.56 Å². The maximum atomic E-state index is 13.3. The van der Waals surface area contributed by atoms with Crippen LogP contribution in [-0.2, 0) is 6.54 Å². The Hall–Kier alpha value is -3.42. The van der Waals surface area contributed by atoms with Gasteiger partial charge in [-0.3, -0.25) is 9.36 Å². The van der Waals surface area contributed by atoms with Crippen molar-refractivity contribution in [2.75, 3.05) is 38.1 Å². The summed E-state index contributed by atoms with van der Waals surface area (Å²) in [4.78, 5) is 37.8. The smallest absolute Gasteiger partial charge is 0.317 e. The fraction of sp³-hybridized carbons (Fsp3) is 0.300. The minimum absolute atomic E-state index is 0.100. The molecule has 2 amide bonds. The first-order valence-electron chi connectivity index (χ1n) is 9.28. The van der Waals surface area contributed by atoms with Crippen LogP contribution in [0.5, 0.6) is 0 Å². The van der Waals surface area contributed by atoms with Gasteiger partial charge < -0.3 is 15.1 Å². The summed E-state index contributed by atoms with van der Waals surface area (Å²) in [5.41, 5.74) is 2.12. The van der Waals surface area contributed by atoms with Gasteiger partial charge in [-0.15, -0.1) is 0 Å². The number of hydrogen-bond acceptors (Lipinski definition) is 5. The Kier molecular flexibility index (Phi) is 4.92. The number of nitrogens with zero attached hydrogens (tertiary/aromatic N) is 5. The standard InChI is InChI=1S/C20H22N6O2/c1-21-20(28)25-12-10-24(11-13-25)18-19(27)26(14-15-6-3-2-4-7-15)17-16(23-18)8-5-9-22-17/h2-9H,10-14H2,1H3,(H,21,28). The highest BCUT2D eigenvalue weighted by atomic mass is 16.2. The third-order valence-electron chi connectivity index (χ3n) is 4.95. The highest BCUT2D eigenvalue weighted by Crippen LogP contribution is 2.16. The quantitative estimate of drug-likeness (QED) is 0.743.